The Kier molecular flexibility index (Phi) is 37.2. The van der Waals surface area contributed by atoms with Gasteiger partial charge < -0.3 is 39.4 Å². The predicted octanol–water partition coefficient (Wildman–Crippen LogP) is 10.8. The van der Waals surface area contributed by atoms with Crippen molar-refractivity contribution in [1.82, 2.24) is 0 Å². The first-order chi connectivity index (χ1) is 27.4. The molecule has 0 saturated carbocycles. The molecule has 1 heterocycles. The predicted molar refractivity (Wildman–Crippen MR) is 229 cm³/mol. The van der Waals surface area contributed by atoms with Crippen LogP contribution in [-0.2, 0) is 23.7 Å². The maximum absolute atomic E-state index is 12.8. The first kappa shape index (κ1) is 52.9. The second-order valence-electron chi connectivity index (χ2n) is 16.6. The lowest BCUT2D eigenvalue weighted by Crippen LogP contribution is -2.59. The van der Waals surface area contributed by atoms with Gasteiger partial charge in [-0.15, -0.1) is 0 Å². The van der Waals surface area contributed by atoms with Crippen LogP contribution in [-0.4, -0.2) is 89.6 Å². The molecule has 1 rings (SSSR count). The van der Waals surface area contributed by atoms with Crippen molar-refractivity contribution < 1.29 is 44.2 Å². The van der Waals surface area contributed by atoms with Crippen molar-refractivity contribution in [2.24, 2.45) is 0 Å². The Morgan fingerprint density at radius 3 is 1.46 bits per heavy atom. The van der Waals surface area contributed by atoms with Crippen molar-refractivity contribution in [3.63, 3.8) is 0 Å². The molecule has 1 fully saturated rings. The van der Waals surface area contributed by atoms with Crippen LogP contribution in [0.4, 0.5) is 0 Å². The monoisotopic (exact) mass is 799 g/mol. The van der Waals surface area contributed by atoms with Crippen molar-refractivity contribution >= 4 is 5.97 Å². The Bertz CT molecular complexity index is 869. The summed E-state index contributed by atoms with van der Waals surface area (Å²) in [7, 11) is 0. The second kappa shape index (κ2) is 39.4. The maximum atomic E-state index is 12.8. The second-order valence-corrected chi connectivity index (χ2v) is 16.6. The molecule has 0 aromatic heterocycles. The van der Waals surface area contributed by atoms with Crippen LogP contribution >= 0.6 is 0 Å². The minimum atomic E-state index is -1.53. The third-order valence-corrected chi connectivity index (χ3v) is 11.2. The van der Waals surface area contributed by atoms with Crippen molar-refractivity contribution in [2.75, 3.05) is 26.4 Å². The molecule has 0 aliphatic carbocycles. The number of ether oxygens (including phenoxy) is 4. The molecule has 6 atom stereocenters. The van der Waals surface area contributed by atoms with Crippen LogP contribution in [0.25, 0.3) is 0 Å². The van der Waals surface area contributed by atoms with Gasteiger partial charge in [0.15, 0.2) is 6.29 Å². The number of unbranched alkanes of at least 4 members (excludes halogenated alkanes) is 28. The van der Waals surface area contributed by atoms with Crippen LogP contribution < -0.4 is 0 Å². The van der Waals surface area contributed by atoms with Gasteiger partial charge in [-0.25, -0.2) is 0 Å². The van der Waals surface area contributed by atoms with E-state index in [4.69, 9.17) is 18.9 Å². The molecule has 0 radical (unpaired) electrons. The molecule has 0 aromatic rings. The minimum Gasteiger partial charge on any atom is -0.457 e. The third-order valence-electron chi connectivity index (χ3n) is 11.2. The molecule has 9 nitrogen and oxygen atoms in total. The van der Waals surface area contributed by atoms with Crippen molar-refractivity contribution in [3.05, 3.63) is 12.2 Å². The fourth-order valence-electron chi connectivity index (χ4n) is 7.43. The number of rotatable bonds is 41. The Labute approximate surface area is 344 Å². The van der Waals surface area contributed by atoms with Gasteiger partial charge in [0, 0.05) is 13.0 Å². The summed E-state index contributed by atoms with van der Waals surface area (Å²) in [6.07, 6.45) is 36.7. The molecular formula is C47H90O9. The average molecular weight is 799 g/mol. The molecule has 1 aliphatic heterocycles. The van der Waals surface area contributed by atoms with Gasteiger partial charge in [0.25, 0.3) is 0 Å². The average Bonchev–Trinajstić information content (AvgIpc) is 3.20. The van der Waals surface area contributed by atoms with Crippen LogP contribution in [0.3, 0.4) is 0 Å². The lowest BCUT2D eigenvalue weighted by molar-refractivity contribution is -0.305. The van der Waals surface area contributed by atoms with Gasteiger partial charge in [-0.1, -0.05) is 187 Å². The molecule has 0 spiro atoms. The summed E-state index contributed by atoms with van der Waals surface area (Å²) in [6, 6.07) is 0. The third kappa shape index (κ3) is 30.0. The smallest absolute Gasteiger partial charge is 0.306 e. The number of esters is 1. The lowest BCUT2D eigenvalue weighted by Gasteiger charge is -2.39. The summed E-state index contributed by atoms with van der Waals surface area (Å²) in [5.74, 6) is -0.311. The first-order valence-electron chi connectivity index (χ1n) is 23.8. The molecule has 0 bridgehead atoms. The van der Waals surface area contributed by atoms with E-state index in [0.29, 0.717) is 13.0 Å². The van der Waals surface area contributed by atoms with Gasteiger partial charge in [0.2, 0.25) is 0 Å². The van der Waals surface area contributed by atoms with Gasteiger partial charge in [-0.05, 0) is 38.5 Å². The molecule has 0 aromatic carbocycles. The quantitative estimate of drug-likeness (QED) is 0.0271. The Morgan fingerprint density at radius 2 is 0.982 bits per heavy atom. The van der Waals surface area contributed by atoms with Crippen LogP contribution in [0.5, 0.6) is 0 Å². The van der Waals surface area contributed by atoms with Crippen LogP contribution in [0.1, 0.15) is 219 Å². The van der Waals surface area contributed by atoms with Gasteiger partial charge in [0.1, 0.15) is 30.5 Å². The van der Waals surface area contributed by atoms with Crippen molar-refractivity contribution in [1.29, 1.82) is 0 Å². The van der Waals surface area contributed by atoms with Gasteiger partial charge >= 0.3 is 5.97 Å². The summed E-state index contributed by atoms with van der Waals surface area (Å²) >= 11 is 0. The highest BCUT2D eigenvalue weighted by Crippen LogP contribution is 2.23. The fourth-order valence-corrected chi connectivity index (χ4v) is 7.43. The zero-order chi connectivity index (χ0) is 40.7. The molecule has 56 heavy (non-hydrogen) atoms. The number of hydrogen-bond acceptors (Lipinski definition) is 9. The highest BCUT2D eigenvalue weighted by molar-refractivity contribution is 5.69. The molecule has 9 heteroatoms. The van der Waals surface area contributed by atoms with E-state index in [1.54, 1.807) is 0 Å². The number of carbonyl (C=O) groups is 1. The molecule has 6 unspecified atom stereocenters. The van der Waals surface area contributed by atoms with Gasteiger partial charge in [-0.2, -0.15) is 0 Å². The maximum Gasteiger partial charge on any atom is 0.306 e. The number of aliphatic hydroxyl groups excluding tert-OH is 4. The summed E-state index contributed by atoms with van der Waals surface area (Å²) in [5.41, 5.74) is 0. The largest absolute Gasteiger partial charge is 0.457 e. The van der Waals surface area contributed by atoms with Crippen molar-refractivity contribution in [2.45, 2.75) is 256 Å². The van der Waals surface area contributed by atoms with E-state index in [9.17, 15) is 25.2 Å². The Hall–Kier alpha value is -1.07. The number of allylic oxidation sites excluding steroid dienone is 2. The molecule has 332 valence electrons. The zero-order valence-corrected chi connectivity index (χ0v) is 36.4. The van der Waals surface area contributed by atoms with E-state index in [1.807, 2.05) is 0 Å². The van der Waals surface area contributed by atoms with Crippen LogP contribution in [0.2, 0.25) is 0 Å². The highest BCUT2D eigenvalue weighted by Gasteiger charge is 2.44. The first-order valence-corrected chi connectivity index (χ1v) is 23.8. The Balaban J connectivity index is 2.22. The van der Waals surface area contributed by atoms with E-state index in [-0.39, 0.29) is 19.2 Å². The molecule has 1 saturated heterocycles. The molecule has 0 amide bonds. The van der Waals surface area contributed by atoms with Crippen molar-refractivity contribution in [3.8, 4) is 0 Å². The summed E-state index contributed by atoms with van der Waals surface area (Å²) < 4.78 is 22.8. The molecule has 4 N–H and O–H groups in total. The lowest BCUT2D eigenvalue weighted by atomic mass is 9.99. The number of carbonyl (C=O) groups excluding carboxylic acids is 1. The number of hydrogen-bond donors (Lipinski definition) is 4. The van der Waals surface area contributed by atoms with E-state index in [2.05, 4.69) is 26.0 Å². The van der Waals surface area contributed by atoms with Gasteiger partial charge in [0.05, 0.1) is 19.8 Å². The molecular weight excluding hydrogens is 709 g/mol. The van der Waals surface area contributed by atoms with E-state index in [0.717, 1.165) is 32.1 Å². The topological polar surface area (TPSA) is 135 Å². The summed E-state index contributed by atoms with van der Waals surface area (Å²) in [6.45, 7) is 4.57. The van der Waals surface area contributed by atoms with E-state index in [1.165, 1.54) is 167 Å². The van der Waals surface area contributed by atoms with Crippen LogP contribution in [0.15, 0.2) is 12.2 Å². The summed E-state index contributed by atoms with van der Waals surface area (Å²) in [4.78, 5) is 12.8. The van der Waals surface area contributed by atoms with Gasteiger partial charge in [-0.3, -0.25) is 4.79 Å². The molecule has 1 aliphatic rings. The Morgan fingerprint density at radius 1 is 0.554 bits per heavy atom. The normalized spacial score (nSPS) is 20.6. The van der Waals surface area contributed by atoms with E-state index >= 15 is 0 Å². The standard InChI is InChI=1S/C47H90O9/c1-3-5-7-9-11-13-15-17-19-20-21-22-23-24-26-28-30-32-34-36-43(49)55-41(40-54-47-46(52)45(51)44(50)42(38-48)56-47)39-53-37-35-33-31-29-27-25-18-16-14-12-10-8-6-4-2/h14,16,41-42,44-48,50-52H,3-13,15,17-40H2,1-2H3/b16-14-. The zero-order valence-electron chi connectivity index (χ0n) is 36.4. The number of aliphatic hydroxyl groups is 4. The fraction of sp³-hybridized carbons (Fsp3) is 0.936. The van der Waals surface area contributed by atoms with Crippen LogP contribution in [0, 0.1) is 0 Å². The summed E-state index contributed by atoms with van der Waals surface area (Å²) in [5, 5.41) is 40.1. The highest BCUT2D eigenvalue weighted by atomic mass is 16.7. The minimum absolute atomic E-state index is 0.110. The SMILES string of the molecule is CCCCCC/C=C\CCCCCCCCOCC(COC1OC(CO)C(O)C(O)C1O)OC(=O)CCCCCCCCCCCCCCCCCCCCC. The van der Waals surface area contributed by atoms with E-state index < -0.39 is 43.4 Å².